The molecule has 1 N–H and O–H groups in total. The summed E-state index contributed by atoms with van der Waals surface area (Å²) in [5, 5.41) is 12.7. The molecule has 0 saturated carbocycles. The van der Waals surface area contributed by atoms with Gasteiger partial charge in [0.05, 0.1) is 22.7 Å². The smallest absolute Gasteiger partial charge is 0.420 e. The van der Waals surface area contributed by atoms with Crippen molar-refractivity contribution in [2.75, 3.05) is 25.5 Å². The maximum Gasteiger partial charge on any atom is 0.420 e. The highest BCUT2D eigenvalue weighted by atomic mass is 19.4. The molecule has 0 aliphatic carbocycles. The number of carbonyl (C=O) groups is 2. The molecule has 2 rings (SSSR count). The molecule has 0 radical (unpaired) electrons. The van der Waals surface area contributed by atoms with Crippen molar-refractivity contribution in [3.05, 3.63) is 63.7 Å². The van der Waals surface area contributed by atoms with Crippen LogP contribution in [0, 0.1) is 10.1 Å². The van der Waals surface area contributed by atoms with Gasteiger partial charge in [-0.1, -0.05) is 12.1 Å². The number of hydrogen-bond acceptors (Lipinski definition) is 5. The lowest BCUT2D eigenvalue weighted by atomic mass is 10.1. The molecule has 2 aromatic rings. The third kappa shape index (κ3) is 6.82. The Morgan fingerprint density at radius 1 is 1.03 bits per heavy atom. The lowest BCUT2D eigenvalue weighted by Gasteiger charge is -2.19. The van der Waals surface area contributed by atoms with Gasteiger partial charge in [0.2, 0.25) is 5.91 Å². The SMILES string of the molecule is CN(CC(=O)Nc1ccccc1C(F)(F)F)C(=O)COc1ccc([N+](=O)[O-])cc1C(F)(F)F. The van der Waals surface area contributed by atoms with Gasteiger partial charge in [-0.2, -0.15) is 26.3 Å². The van der Waals surface area contributed by atoms with E-state index in [1.165, 1.54) is 6.07 Å². The molecular weight excluding hydrogens is 464 g/mol. The van der Waals surface area contributed by atoms with Crippen molar-refractivity contribution in [1.82, 2.24) is 4.90 Å². The van der Waals surface area contributed by atoms with Gasteiger partial charge in [-0.05, 0) is 18.2 Å². The number of anilines is 1. The summed E-state index contributed by atoms with van der Waals surface area (Å²) in [6.45, 7) is -1.69. The topological polar surface area (TPSA) is 102 Å². The molecule has 0 aliphatic heterocycles. The first-order valence-corrected chi connectivity index (χ1v) is 8.88. The fraction of sp³-hybridized carbons (Fsp3) is 0.263. The summed E-state index contributed by atoms with van der Waals surface area (Å²) in [6, 6.07) is 5.82. The Morgan fingerprint density at radius 2 is 1.64 bits per heavy atom. The Morgan fingerprint density at radius 3 is 2.21 bits per heavy atom. The number of nitro benzene ring substituents is 1. The zero-order valence-electron chi connectivity index (χ0n) is 16.7. The van der Waals surface area contributed by atoms with Gasteiger partial charge in [0.1, 0.15) is 11.3 Å². The predicted octanol–water partition coefficient (Wildman–Crippen LogP) is 4.11. The fourth-order valence-electron chi connectivity index (χ4n) is 2.56. The molecule has 0 atom stereocenters. The first kappa shape index (κ1) is 25.4. The molecule has 0 fully saturated rings. The number of nitro groups is 1. The number of rotatable bonds is 7. The van der Waals surface area contributed by atoms with Crippen molar-refractivity contribution in [2.45, 2.75) is 12.4 Å². The van der Waals surface area contributed by atoms with E-state index in [1.807, 2.05) is 5.32 Å². The third-order valence-corrected chi connectivity index (χ3v) is 4.14. The van der Waals surface area contributed by atoms with E-state index in [0.717, 1.165) is 36.2 Å². The van der Waals surface area contributed by atoms with Crippen LogP contribution in [0.5, 0.6) is 5.75 Å². The highest BCUT2D eigenvalue weighted by molar-refractivity contribution is 5.95. The number of nitrogens with zero attached hydrogens (tertiary/aromatic N) is 2. The van der Waals surface area contributed by atoms with Crippen LogP contribution < -0.4 is 10.1 Å². The summed E-state index contributed by atoms with van der Waals surface area (Å²) in [5.74, 6) is -2.81. The van der Waals surface area contributed by atoms with Gasteiger partial charge in [-0.15, -0.1) is 0 Å². The molecule has 33 heavy (non-hydrogen) atoms. The Hall–Kier alpha value is -3.84. The maximum atomic E-state index is 13.1. The second-order valence-electron chi connectivity index (χ2n) is 6.57. The number of likely N-dealkylation sites (N-methyl/N-ethyl adjacent to an activating group) is 1. The predicted molar refractivity (Wildman–Crippen MR) is 101 cm³/mol. The van der Waals surface area contributed by atoms with Crippen LogP contribution in [0.1, 0.15) is 11.1 Å². The summed E-state index contributed by atoms with van der Waals surface area (Å²) in [6.07, 6.45) is -9.75. The lowest BCUT2D eigenvalue weighted by Crippen LogP contribution is -2.38. The molecule has 0 aliphatic rings. The van der Waals surface area contributed by atoms with Crippen LogP contribution in [0.4, 0.5) is 37.7 Å². The van der Waals surface area contributed by atoms with Crippen molar-refractivity contribution < 1.29 is 45.6 Å². The lowest BCUT2D eigenvalue weighted by molar-refractivity contribution is -0.385. The van der Waals surface area contributed by atoms with Crippen LogP contribution in [0.15, 0.2) is 42.5 Å². The number of carbonyl (C=O) groups excluding carboxylic acids is 2. The van der Waals surface area contributed by atoms with E-state index in [-0.39, 0.29) is 6.07 Å². The molecule has 0 unspecified atom stereocenters. The minimum Gasteiger partial charge on any atom is -0.483 e. The molecule has 0 spiro atoms. The second-order valence-corrected chi connectivity index (χ2v) is 6.57. The monoisotopic (exact) mass is 479 g/mol. The summed E-state index contributed by atoms with van der Waals surface area (Å²) >= 11 is 0. The van der Waals surface area contributed by atoms with Crippen LogP contribution in [-0.2, 0) is 21.9 Å². The van der Waals surface area contributed by atoms with Crippen molar-refractivity contribution in [3.63, 3.8) is 0 Å². The highest BCUT2D eigenvalue weighted by Gasteiger charge is 2.36. The molecule has 0 saturated heterocycles. The van der Waals surface area contributed by atoms with E-state index in [9.17, 15) is 46.0 Å². The zero-order valence-corrected chi connectivity index (χ0v) is 16.7. The molecular formula is C19H15F6N3O5. The second kappa shape index (κ2) is 9.75. The quantitative estimate of drug-likeness (QED) is 0.366. The Bertz CT molecular complexity index is 1050. The number of hydrogen-bond donors (Lipinski definition) is 1. The summed E-state index contributed by atoms with van der Waals surface area (Å²) < 4.78 is 83.2. The average molecular weight is 479 g/mol. The number of halogens is 6. The normalized spacial score (nSPS) is 11.6. The number of ether oxygens (including phenoxy) is 1. The van der Waals surface area contributed by atoms with Gasteiger partial charge in [0, 0.05) is 19.2 Å². The molecule has 2 aromatic carbocycles. The first-order valence-electron chi connectivity index (χ1n) is 8.88. The number of para-hydroxylation sites is 1. The van der Waals surface area contributed by atoms with Gasteiger partial charge in [-0.25, -0.2) is 0 Å². The van der Waals surface area contributed by atoms with Crippen molar-refractivity contribution in [3.8, 4) is 5.75 Å². The van der Waals surface area contributed by atoms with Crippen LogP contribution in [0.2, 0.25) is 0 Å². The summed E-state index contributed by atoms with van der Waals surface area (Å²) in [7, 11) is 1.08. The number of nitrogens with one attached hydrogen (secondary N) is 1. The highest BCUT2D eigenvalue weighted by Crippen LogP contribution is 2.38. The fourth-order valence-corrected chi connectivity index (χ4v) is 2.56. The Kier molecular flexibility index (Phi) is 7.51. The van der Waals surface area contributed by atoms with Crippen molar-refractivity contribution in [1.29, 1.82) is 0 Å². The van der Waals surface area contributed by atoms with Gasteiger partial charge in [0.25, 0.3) is 11.6 Å². The first-order chi connectivity index (χ1) is 15.2. The van der Waals surface area contributed by atoms with E-state index < -0.39 is 70.5 Å². The van der Waals surface area contributed by atoms with E-state index in [4.69, 9.17) is 4.74 Å². The van der Waals surface area contributed by atoms with E-state index in [1.54, 1.807) is 0 Å². The standard InChI is InChI=1S/C19H15F6N3O5/c1-27(9-16(29)26-14-5-3-2-4-12(14)18(20,21)22)17(30)10-33-15-7-6-11(28(31)32)8-13(15)19(23,24)25/h2-8H,9-10H2,1H3,(H,26,29). The van der Waals surface area contributed by atoms with Crippen LogP contribution in [-0.4, -0.2) is 41.8 Å². The van der Waals surface area contributed by atoms with Crippen LogP contribution in [0.25, 0.3) is 0 Å². The van der Waals surface area contributed by atoms with Gasteiger partial charge < -0.3 is 15.0 Å². The molecule has 178 valence electrons. The molecule has 0 bridgehead atoms. The maximum absolute atomic E-state index is 13.1. The molecule has 2 amide bonds. The third-order valence-electron chi connectivity index (χ3n) is 4.14. The number of non-ortho nitro benzene ring substituents is 1. The largest absolute Gasteiger partial charge is 0.483 e. The summed E-state index contributed by atoms with van der Waals surface area (Å²) in [4.78, 5) is 34.5. The number of benzene rings is 2. The molecule has 14 heteroatoms. The molecule has 0 heterocycles. The van der Waals surface area contributed by atoms with Crippen LogP contribution >= 0.6 is 0 Å². The minimum atomic E-state index is -5.01. The van der Waals surface area contributed by atoms with E-state index >= 15 is 0 Å². The van der Waals surface area contributed by atoms with Gasteiger partial charge in [-0.3, -0.25) is 19.7 Å². The van der Waals surface area contributed by atoms with Crippen molar-refractivity contribution in [2.24, 2.45) is 0 Å². The Balaban J connectivity index is 2.04. The minimum absolute atomic E-state index is 0.245. The number of alkyl halides is 6. The number of amides is 2. The van der Waals surface area contributed by atoms with Gasteiger partial charge >= 0.3 is 12.4 Å². The molecule has 8 nitrogen and oxygen atoms in total. The van der Waals surface area contributed by atoms with Crippen molar-refractivity contribution >= 4 is 23.2 Å². The van der Waals surface area contributed by atoms with E-state index in [2.05, 4.69) is 0 Å². The Labute approximate surface area is 181 Å². The molecule has 0 aromatic heterocycles. The van der Waals surface area contributed by atoms with Gasteiger partial charge in [0.15, 0.2) is 6.61 Å². The van der Waals surface area contributed by atoms with Crippen LogP contribution in [0.3, 0.4) is 0 Å². The zero-order chi connectivity index (χ0) is 25.0. The summed E-state index contributed by atoms with van der Waals surface area (Å²) in [5.41, 5.74) is -3.95. The average Bonchev–Trinajstić information content (AvgIpc) is 2.70. The van der Waals surface area contributed by atoms with E-state index in [0.29, 0.717) is 6.07 Å².